The molecule has 0 atom stereocenters. The molecule has 0 aliphatic carbocycles. The van der Waals surface area contributed by atoms with Gasteiger partial charge in [0.25, 0.3) is 0 Å². The highest BCUT2D eigenvalue weighted by molar-refractivity contribution is 8.01. The molecule has 0 aliphatic rings. The van der Waals surface area contributed by atoms with E-state index in [2.05, 4.69) is 42.4 Å². The number of aryl methyl sites for hydroxylation is 1. The molecule has 0 fully saturated rings. The van der Waals surface area contributed by atoms with Gasteiger partial charge in [-0.15, -0.1) is 23.1 Å². The van der Waals surface area contributed by atoms with Gasteiger partial charge in [0.15, 0.2) is 0 Å². The van der Waals surface area contributed by atoms with Gasteiger partial charge in [0.05, 0.1) is 15.4 Å². The Morgan fingerprint density at radius 3 is 2.44 bits per heavy atom. The lowest BCUT2D eigenvalue weighted by molar-refractivity contribution is 1.09. The van der Waals surface area contributed by atoms with Gasteiger partial charge in [-0.1, -0.05) is 18.7 Å². The van der Waals surface area contributed by atoms with Crippen LogP contribution in [0.4, 0.5) is 0 Å². The molecule has 0 radical (unpaired) electrons. The van der Waals surface area contributed by atoms with Crippen molar-refractivity contribution in [1.29, 1.82) is 0 Å². The Kier molecular flexibility index (Phi) is 4.32. The summed E-state index contributed by atoms with van der Waals surface area (Å²) in [4.78, 5) is 6.95. The number of aromatic nitrogens is 1. The average Bonchev–Trinajstić information content (AvgIpc) is 2.78. The fourth-order valence-electron chi connectivity index (χ4n) is 1.26. The zero-order chi connectivity index (χ0) is 11.4. The van der Waals surface area contributed by atoms with Crippen LogP contribution in [0.3, 0.4) is 0 Å². The van der Waals surface area contributed by atoms with E-state index >= 15 is 0 Å². The zero-order valence-corrected chi connectivity index (χ0v) is 11.7. The van der Waals surface area contributed by atoms with Gasteiger partial charge in [0.2, 0.25) is 0 Å². The topological polar surface area (TPSA) is 12.9 Å². The van der Waals surface area contributed by atoms with Crippen LogP contribution in [-0.2, 0) is 6.42 Å². The molecule has 1 heterocycles. The van der Waals surface area contributed by atoms with Gasteiger partial charge < -0.3 is 0 Å². The van der Waals surface area contributed by atoms with Gasteiger partial charge in [-0.05, 0) is 36.9 Å². The molecule has 16 heavy (non-hydrogen) atoms. The van der Waals surface area contributed by atoms with Crippen molar-refractivity contribution in [1.82, 2.24) is 4.98 Å². The minimum atomic E-state index is 1.02. The van der Waals surface area contributed by atoms with Gasteiger partial charge in [-0.25, -0.2) is 4.98 Å². The highest BCUT2D eigenvalue weighted by atomic mass is 32.2. The summed E-state index contributed by atoms with van der Waals surface area (Å²) in [6.45, 7) is 2.14. The minimum absolute atomic E-state index is 1.02. The van der Waals surface area contributed by atoms with Crippen LogP contribution in [0.1, 0.15) is 11.9 Å². The Labute approximate surface area is 109 Å². The molecule has 84 valence electrons. The zero-order valence-electron chi connectivity index (χ0n) is 9.27. The van der Waals surface area contributed by atoms with Gasteiger partial charge in [0, 0.05) is 9.79 Å². The molecule has 0 amide bonds. The fourth-order valence-corrected chi connectivity index (χ4v) is 3.61. The van der Waals surface area contributed by atoms with Crippen LogP contribution in [-0.4, -0.2) is 11.2 Å². The third-order valence-corrected chi connectivity index (χ3v) is 5.11. The van der Waals surface area contributed by atoms with Crippen LogP contribution >= 0.6 is 34.9 Å². The number of thiazole rings is 1. The van der Waals surface area contributed by atoms with E-state index < -0.39 is 0 Å². The van der Waals surface area contributed by atoms with Crippen LogP contribution in [0.15, 0.2) is 44.5 Å². The van der Waals surface area contributed by atoms with Crippen molar-refractivity contribution >= 4 is 34.9 Å². The standard InChI is InChI=1S/C12H13NS3/c1-3-11-13-8-12(16-11)15-10-6-4-9(14-2)5-7-10/h4-8H,3H2,1-2H3. The molecule has 2 aromatic rings. The Morgan fingerprint density at radius 2 is 1.88 bits per heavy atom. The highest BCUT2D eigenvalue weighted by Crippen LogP contribution is 2.32. The van der Waals surface area contributed by atoms with Crippen molar-refractivity contribution in [3.05, 3.63) is 35.5 Å². The van der Waals surface area contributed by atoms with Gasteiger partial charge in [-0.2, -0.15) is 0 Å². The maximum atomic E-state index is 4.36. The molecule has 0 saturated carbocycles. The van der Waals surface area contributed by atoms with Crippen molar-refractivity contribution in [2.45, 2.75) is 27.3 Å². The quantitative estimate of drug-likeness (QED) is 0.753. The lowest BCUT2D eigenvalue weighted by Gasteiger charge is -1.99. The number of nitrogens with zero attached hydrogens (tertiary/aromatic N) is 1. The Balaban J connectivity index is 2.08. The summed E-state index contributed by atoms with van der Waals surface area (Å²) in [5.74, 6) is 0. The molecule has 0 N–H and O–H groups in total. The van der Waals surface area contributed by atoms with Gasteiger partial charge in [-0.3, -0.25) is 0 Å². The van der Waals surface area contributed by atoms with Crippen molar-refractivity contribution in [2.75, 3.05) is 6.26 Å². The second kappa shape index (κ2) is 5.75. The maximum absolute atomic E-state index is 4.36. The summed E-state index contributed by atoms with van der Waals surface area (Å²) in [6, 6.07) is 8.66. The number of benzene rings is 1. The summed E-state index contributed by atoms with van der Waals surface area (Å²) >= 11 is 5.35. The lowest BCUT2D eigenvalue weighted by atomic mass is 10.4. The maximum Gasteiger partial charge on any atom is 0.0934 e. The number of hydrogen-bond donors (Lipinski definition) is 0. The average molecular weight is 267 g/mol. The largest absolute Gasteiger partial charge is 0.248 e. The normalized spacial score (nSPS) is 10.6. The first-order chi connectivity index (χ1) is 7.81. The molecular formula is C12H13NS3. The second-order valence-electron chi connectivity index (χ2n) is 3.20. The first-order valence-corrected chi connectivity index (χ1v) is 7.94. The smallest absolute Gasteiger partial charge is 0.0934 e. The molecule has 1 aromatic heterocycles. The van der Waals surface area contributed by atoms with Gasteiger partial charge >= 0.3 is 0 Å². The van der Waals surface area contributed by atoms with Crippen molar-refractivity contribution < 1.29 is 0 Å². The van der Waals surface area contributed by atoms with Crippen LogP contribution in [0.25, 0.3) is 0 Å². The molecule has 0 aliphatic heterocycles. The molecule has 4 heteroatoms. The molecule has 1 nitrogen and oxygen atoms in total. The second-order valence-corrected chi connectivity index (χ2v) is 6.57. The highest BCUT2D eigenvalue weighted by Gasteiger charge is 2.02. The van der Waals surface area contributed by atoms with E-state index in [-0.39, 0.29) is 0 Å². The number of rotatable bonds is 4. The van der Waals surface area contributed by atoms with Crippen molar-refractivity contribution in [3.8, 4) is 0 Å². The molecular weight excluding hydrogens is 254 g/mol. The third kappa shape index (κ3) is 3.03. The van der Waals surface area contributed by atoms with Crippen LogP contribution in [0, 0.1) is 0 Å². The molecule has 2 rings (SSSR count). The lowest BCUT2D eigenvalue weighted by Crippen LogP contribution is -1.71. The Morgan fingerprint density at radius 1 is 1.19 bits per heavy atom. The summed E-state index contributed by atoms with van der Waals surface area (Å²) in [6.07, 6.45) is 5.09. The predicted molar refractivity (Wildman–Crippen MR) is 73.8 cm³/mol. The summed E-state index contributed by atoms with van der Waals surface area (Å²) in [7, 11) is 0. The summed E-state index contributed by atoms with van der Waals surface area (Å²) in [5.41, 5.74) is 0. The monoisotopic (exact) mass is 267 g/mol. The van der Waals surface area contributed by atoms with E-state index in [0.29, 0.717) is 0 Å². The Hall–Kier alpha value is -0.450. The fraction of sp³-hybridized carbons (Fsp3) is 0.250. The van der Waals surface area contributed by atoms with E-state index in [1.807, 2.05) is 6.20 Å². The third-order valence-electron chi connectivity index (χ3n) is 2.11. The van der Waals surface area contributed by atoms with Gasteiger partial charge in [0.1, 0.15) is 0 Å². The first-order valence-electron chi connectivity index (χ1n) is 5.08. The summed E-state index contributed by atoms with van der Waals surface area (Å²) < 4.78 is 1.27. The SMILES string of the molecule is CCc1ncc(Sc2ccc(SC)cc2)s1. The van der Waals surface area contributed by atoms with Crippen molar-refractivity contribution in [3.63, 3.8) is 0 Å². The van der Waals surface area contributed by atoms with E-state index in [0.717, 1.165) is 6.42 Å². The molecule has 0 unspecified atom stereocenters. The van der Waals surface area contributed by atoms with Crippen molar-refractivity contribution in [2.24, 2.45) is 0 Å². The molecule has 0 bridgehead atoms. The summed E-state index contributed by atoms with van der Waals surface area (Å²) in [5, 5.41) is 1.21. The molecule has 1 aromatic carbocycles. The van der Waals surface area contributed by atoms with E-state index in [9.17, 15) is 0 Å². The minimum Gasteiger partial charge on any atom is -0.248 e. The van der Waals surface area contributed by atoms with E-state index in [1.54, 1.807) is 34.9 Å². The van der Waals surface area contributed by atoms with Crippen LogP contribution in [0.2, 0.25) is 0 Å². The molecule has 0 saturated heterocycles. The predicted octanol–water partition coefficient (Wildman–Crippen LogP) is 4.58. The molecule has 0 spiro atoms. The van der Waals surface area contributed by atoms with Crippen LogP contribution < -0.4 is 0 Å². The number of thioether (sulfide) groups is 1. The van der Waals surface area contributed by atoms with E-state index in [4.69, 9.17) is 0 Å². The van der Waals surface area contributed by atoms with Crippen LogP contribution in [0.5, 0.6) is 0 Å². The number of hydrogen-bond acceptors (Lipinski definition) is 4. The Bertz CT molecular complexity index is 448. The first kappa shape index (κ1) is 12.0. The van der Waals surface area contributed by atoms with E-state index in [1.165, 1.54) is 19.0 Å².